The summed E-state index contributed by atoms with van der Waals surface area (Å²) < 4.78 is 5.86. The van der Waals surface area contributed by atoms with Crippen molar-refractivity contribution in [2.75, 3.05) is 0 Å². The highest BCUT2D eigenvalue weighted by molar-refractivity contribution is 6.30. The first-order chi connectivity index (χ1) is 8.97. The summed E-state index contributed by atoms with van der Waals surface area (Å²) in [6, 6.07) is 11.0. The van der Waals surface area contributed by atoms with E-state index in [2.05, 4.69) is 0 Å². The van der Waals surface area contributed by atoms with Gasteiger partial charge in [0.1, 0.15) is 17.3 Å². The van der Waals surface area contributed by atoms with Crippen LogP contribution in [0.3, 0.4) is 0 Å². The zero-order valence-corrected chi connectivity index (χ0v) is 11.6. The van der Waals surface area contributed by atoms with Crippen LogP contribution in [0, 0.1) is 19.3 Å². The average molecular weight is 275 g/mol. The van der Waals surface area contributed by atoms with Crippen LogP contribution < -0.4 is 10.5 Å². The van der Waals surface area contributed by atoms with Gasteiger partial charge in [-0.3, -0.25) is 5.41 Å². The standard InChI is InChI=1S/C15H15ClN2O/c1-9-3-4-10(2)13(7-9)19-14-8-11(16)5-6-12(14)15(17)18/h3-8H,1-2H3,(H3,17,18). The second-order valence-corrected chi connectivity index (χ2v) is 4.86. The van der Waals surface area contributed by atoms with Crippen molar-refractivity contribution in [1.82, 2.24) is 0 Å². The van der Waals surface area contributed by atoms with Gasteiger partial charge in [-0.25, -0.2) is 0 Å². The summed E-state index contributed by atoms with van der Waals surface area (Å²) >= 11 is 5.97. The molecule has 0 aromatic heterocycles. The SMILES string of the molecule is Cc1ccc(C)c(Oc2cc(Cl)ccc2C(=N)N)c1. The van der Waals surface area contributed by atoms with Crippen LogP contribution >= 0.6 is 11.6 Å². The van der Waals surface area contributed by atoms with Crippen LogP contribution in [0.1, 0.15) is 16.7 Å². The topological polar surface area (TPSA) is 59.1 Å². The number of benzene rings is 2. The number of nitrogens with two attached hydrogens (primary N) is 1. The van der Waals surface area contributed by atoms with Crippen LogP contribution in [0.15, 0.2) is 36.4 Å². The maximum atomic E-state index is 7.56. The van der Waals surface area contributed by atoms with E-state index in [-0.39, 0.29) is 5.84 Å². The number of nitrogen functional groups attached to an aromatic ring is 1. The van der Waals surface area contributed by atoms with Crippen molar-refractivity contribution in [3.05, 3.63) is 58.1 Å². The first kappa shape index (κ1) is 13.4. The van der Waals surface area contributed by atoms with Gasteiger partial charge in [0.25, 0.3) is 0 Å². The molecule has 0 aliphatic rings. The lowest BCUT2D eigenvalue weighted by molar-refractivity contribution is 0.477. The molecule has 98 valence electrons. The van der Waals surface area contributed by atoms with Crippen LogP contribution in [-0.4, -0.2) is 5.84 Å². The number of halogens is 1. The molecule has 0 saturated carbocycles. The lowest BCUT2D eigenvalue weighted by Crippen LogP contribution is -2.12. The largest absolute Gasteiger partial charge is 0.456 e. The second kappa shape index (κ2) is 5.33. The molecule has 0 unspecified atom stereocenters. The lowest BCUT2D eigenvalue weighted by atomic mass is 10.1. The highest BCUT2D eigenvalue weighted by Gasteiger charge is 2.10. The molecule has 2 aromatic carbocycles. The smallest absolute Gasteiger partial charge is 0.139 e. The van der Waals surface area contributed by atoms with Gasteiger partial charge in [-0.15, -0.1) is 0 Å². The normalized spacial score (nSPS) is 10.3. The van der Waals surface area contributed by atoms with E-state index in [9.17, 15) is 0 Å². The van der Waals surface area contributed by atoms with Crippen molar-refractivity contribution in [3.8, 4) is 11.5 Å². The van der Waals surface area contributed by atoms with Gasteiger partial charge in [-0.2, -0.15) is 0 Å². The Hall–Kier alpha value is -2.00. The molecule has 0 amide bonds. The minimum Gasteiger partial charge on any atom is -0.456 e. The maximum absolute atomic E-state index is 7.56. The number of aryl methyl sites for hydroxylation is 2. The Balaban J connectivity index is 2.45. The predicted molar refractivity (Wildman–Crippen MR) is 78.5 cm³/mol. The molecule has 0 saturated heterocycles. The lowest BCUT2D eigenvalue weighted by Gasteiger charge is -2.13. The summed E-state index contributed by atoms with van der Waals surface area (Å²) in [6.45, 7) is 3.96. The molecular formula is C15H15ClN2O. The molecule has 0 radical (unpaired) electrons. The first-order valence-corrected chi connectivity index (χ1v) is 6.24. The minimum absolute atomic E-state index is 0.0445. The number of nitrogens with one attached hydrogen (secondary N) is 1. The number of amidine groups is 1. The van der Waals surface area contributed by atoms with Gasteiger partial charge in [0.15, 0.2) is 0 Å². The molecule has 0 spiro atoms. The third kappa shape index (κ3) is 3.06. The van der Waals surface area contributed by atoms with E-state index in [1.165, 1.54) is 0 Å². The molecular weight excluding hydrogens is 260 g/mol. The summed E-state index contributed by atoms with van der Waals surface area (Å²) in [6.07, 6.45) is 0. The molecule has 2 aromatic rings. The van der Waals surface area contributed by atoms with Crippen molar-refractivity contribution in [2.45, 2.75) is 13.8 Å². The van der Waals surface area contributed by atoms with Gasteiger partial charge in [0, 0.05) is 11.1 Å². The van der Waals surface area contributed by atoms with Gasteiger partial charge >= 0.3 is 0 Å². The van der Waals surface area contributed by atoms with Crippen LogP contribution in [0.2, 0.25) is 5.02 Å². The van der Waals surface area contributed by atoms with Crippen molar-refractivity contribution in [3.63, 3.8) is 0 Å². The molecule has 0 atom stereocenters. The maximum Gasteiger partial charge on any atom is 0.139 e. The van der Waals surface area contributed by atoms with Gasteiger partial charge in [-0.1, -0.05) is 23.7 Å². The molecule has 0 fully saturated rings. The van der Waals surface area contributed by atoms with E-state index < -0.39 is 0 Å². The van der Waals surface area contributed by atoms with Gasteiger partial charge in [-0.05, 0) is 43.2 Å². The summed E-state index contributed by atoms with van der Waals surface area (Å²) in [5, 5.41) is 8.11. The highest BCUT2D eigenvalue weighted by atomic mass is 35.5. The zero-order chi connectivity index (χ0) is 14.0. The van der Waals surface area contributed by atoms with Gasteiger partial charge < -0.3 is 10.5 Å². The monoisotopic (exact) mass is 274 g/mol. The Bertz CT molecular complexity index is 638. The van der Waals surface area contributed by atoms with Crippen LogP contribution in [-0.2, 0) is 0 Å². The zero-order valence-electron chi connectivity index (χ0n) is 10.8. The fraction of sp³-hybridized carbons (Fsp3) is 0.133. The van der Waals surface area contributed by atoms with Crippen LogP contribution in [0.25, 0.3) is 0 Å². The van der Waals surface area contributed by atoms with E-state index >= 15 is 0 Å². The van der Waals surface area contributed by atoms with Crippen LogP contribution in [0.4, 0.5) is 0 Å². The van der Waals surface area contributed by atoms with Crippen molar-refractivity contribution in [1.29, 1.82) is 5.41 Å². The highest BCUT2D eigenvalue weighted by Crippen LogP contribution is 2.30. The number of ether oxygens (including phenoxy) is 1. The van der Waals surface area contributed by atoms with E-state index in [0.29, 0.717) is 16.3 Å². The Morgan fingerprint density at radius 1 is 1.11 bits per heavy atom. The van der Waals surface area contributed by atoms with Crippen molar-refractivity contribution >= 4 is 17.4 Å². The van der Waals surface area contributed by atoms with Gasteiger partial charge in [0.2, 0.25) is 0 Å². The van der Waals surface area contributed by atoms with E-state index in [0.717, 1.165) is 16.9 Å². The predicted octanol–water partition coefficient (Wildman–Crippen LogP) is 4.03. The third-order valence-electron chi connectivity index (χ3n) is 2.80. The molecule has 0 bridgehead atoms. The van der Waals surface area contributed by atoms with E-state index in [1.54, 1.807) is 18.2 Å². The second-order valence-electron chi connectivity index (χ2n) is 4.43. The third-order valence-corrected chi connectivity index (χ3v) is 3.03. The first-order valence-electron chi connectivity index (χ1n) is 5.86. The molecule has 3 nitrogen and oxygen atoms in total. The summed E-state index contributed by atoms with van der Waals surface area (Å²) in [5.41, 5.74) is 8.20. The summed E-state index contributed by atoms with van der Waals surface area (Å²) in [4.78, 5) is 0. The molecule has 0 aliphatic heterocycles. The van der Waals surface area contributed by atoms with Crippen LogP contribution in [0.5, 0.6) is 11.5 Å². The van der Waals surface area contributed by atoms with Crippen molar-refractivity contribution < 1.29 is 4.74 Å². The molecule has 3 N–H and O–H groups in total. The Morgan fingerprint density at radius 2 is 1.84 bits per heavy atom. The van der Waals surface area contributed by atoms with Crippen molar-refractivity contribution in [2.24, 2.45) is 5.73 Å². The quantitative estimate of drug-likeness (QED) is 0.656. The molecule has 0 heterocycles. The number of rotatable bonds is 3. The molecule has 19 heavy (non-hydrogen) atoms. The fourth-order valence-corrected chi connectivity index (χ4v) is 1.90. The summed E-state index contributed by atoms with van der Waals surface area (Å²) in [7, 11) is 0. The molecule has 0 aliphatic carbocycles. The molecule has 2 rings (SSSR count). The Labute approximate surface area is 117 Å². The Morgan fingerprint density at radius 3 is 2.53 bits per heavy atom. The number of hydrogen-bond acceptors (Lipinski definition) is 2. The minimum atomic E-state index is -0.0445. The van der Waals surface area contributed by atoms with E-state index in [4.69, 9.17) is 27.5 Å². The number of hydrogen-bond donors (Lipinski definition) is 2. The Kier molecular flexibility index (Phi) is 3.76. The molecule has 4 heteroatoms. The van der Waals surface area contributed by atoms with E-state index in [1.807, 2.05) is 32.0 Å². The summed E-state index contributed by atoms with van der Waals surface area (Å²) in [5.74, 6) is 1.19. The van der Waals surface area contributed by atoms with Gasteiger partial charge in [0.05, 0.1) is 5.56 Å². The average Bonchev–Trinajstić information content (AvgIpc) is 2.33. The fourth-order valence-electron chi connectivity index (χ4n) is 1.74.